The van der Waals surface area contributed by atoms with Gasteiger partial charge in [0.05, 0.1) is 29.4 Å². The molecule has 1 amide bonds. The van der Waals surface area contributed by atoms with Gasteiger partial charge in [-0.1, -0.05) is 20.8 Å². The molecule has 1 saturated carbocycles. The highest BCUT2D eigenvalue weighted by Crippen LogP contribution is 2.42. The number of halogens is 1. The number of likely N-dealkylation sites (tertiary alicyclic amines) is 1. The number of nitrogens with zero attached hydrogens (tertiary/aromatic N) is 3. The number of hydrogen-bond acceptors (Lipinski definition) is 8. The van der Waals surface area contributed by atoms with Gasteiger partial charge in [-0.15, -0.1) is 0 Å². The first kappa shape index (κ1) is 27.1. The van der Waals surface area contributed by atoms with Crippen molar-refractivity contribution in [1.82, 2.24) is 14.9 Å². The third-order valence-electron chi connectivity index (χ3n) is 6.99. The maximum Gasteiger partial charge on any atom is 0.409 e. The van der Waals surface area contributed by atoms with Crippen LogP contribution in [0.1, 0.15) is 39.2 Å². The average Bonchev–Trinajstić information content (AvgIpc) is 3.04. The molecular weight excluding hydrogens is 499 g/mol. The number of amides is 1. The summed E-state index contributed by atoms with van der Waals surface area (Å²) in [4.78, 5) is 22.8. The highest BCUT2D eigenvalue weighted by Gasteiger charge is 2.44. The normalized spacial score (nSPS) is 21.6. The molecule has 0 radical (unpaired) electrons. The Morgan fingerprint density at radius 3 is 2.46 bits per heavy atom. The molecule has 2 unspecified atom stereocenters. The van der Waals surface area contributed by atoms with Crippen LogP contribution in [0.25, 0.3) is 0 Å². The molecule has 2 aliphatic rings. The molecule has 1 saturated heterocycles. The molecule has 1 aromatic carbocycles. The Hall–Kier alpha value is -2.95. The summed E-state index contributed by atoms with van der Waals surface area (Å²) in [6.07, 6.45) is 4.21. The van der Waals surface area contributed by atoms with E-state index in [1.165, 1.54) is 18.5 Å². The molecule has 9 nitrogen and oxygen atoms in total. The standard InChI is InChI=1S/C26H35FN4O5S/c1-16-23(30-22-9-8-19(10-21(22)27)37(5,33)34)28-15-29-24(16)35-13-20-17-6-7-18(20)12-31(11-17)25(32)36-14-26(2,3)4/h8-10,15,17-18,20H,6-7,11-14H2,1-5H3,(H,28,29,30). The Labute approximate surface area is 217 Å². The minimum absolute atomic E-state index is 0.0741. The van der Waals surface area contributed by atoms with Gasteiger partial charge in [-0.25, -0.2) is 27.6 Å². The number of piperidine rings is 1. The minimum atomic E-state index is -3.51. The SMILES string of the molecule is Cc1c(Nc2ccc(S(C)(=O)=O)cc2F)ncnc1OCC1C2CCC1CN(C(=O)OCC(C)(C)C)C2. The van der Waals surface area contributed by atoms with Crippen molar-refractivity contribution in [3.05, 3.63) is 35.9 Å². The van der Waals surface area contributed by atoms with E-state index in [9.17, 15) is 17.6 Å². The number of carbonyl (C=O) groups is 1. The van der Waals surface area contributed by atoms with Crippen molar-refractivity contribution in [3.63, 3.8) is 0 Å². The first-order valence-corrected chi connectivity index (χ1v) is 14.3. The van der Waals surface area contributed by atoms with E-state index in [1.54, 1.807) is 6.92 Å². The van der Waals surface area contributed by atoms with Gasteiger partial charge in [0, 0.05) is 25.3 Å². The molecule has 2 aromatic rings. The molecule has 4 rings (SSSR count). The number of sulfone groups is 1. The Morgan fingerprint density at radius 2 is 1.86 bits per heavy atom. The monoisotopic (exact) mass is 534 g/mol. The van der Waals surface area contributed by atoms with Crippen LogP contribution in [-0.2, 0) is 14.6 Å². The molecule has 11 heteroatoms. The van der Waals surface area contributed by atoms with Gasteiger partial charge >= 0.3 is 6.09 Å². The van der Waals surface area contributed by atoms with Gasteiger partial charge in [-0.05, 0) is 55.2 Å². The average molecular weight is 535 g/mol. The second-order valence-electron chi connectivity index (χ2n) is 11.3. The van der Waals surface area contributed by atoms with Crippen LogP contribution in [0, 0.1) is 35.9 Å². The first-order valence-electron chi connectivity index (χ1n) is 12.4. The second kappa shape index (κ2) is 10.4. The predicted octanol–water partition coefficient (Wildman–Crippen LogP) is 4.59. The van der Waals surface area contributed by atoms with E-state index < -0.39 is 15.7 Å². The summed E-state index contributed by atoms with van der Waals surface area (Å²) in [6.45, 7) is 10.1. The van der Waals surface area contributed by atoms with Gasteiger partial charge in [0.15, 0.2) is 9.84 Å². The zero-order valence-electron chi connectivity index (χ0n) is 22.0. The minimum Gasteiger partial charge on any atom is -0.477 e. The molecule has 37 heavy (non-hydrogen) atoms. The molecule has 2 bridgehead atoms. The summed E-state index contributed by atoms with van der Waals surface area (Å²) in [6, 6.07) is 3.69. The number of fused-ring (bicyclic) bond motifs is 2. The highest BCUT2D eigenvalue weighted by molar-refractivity contribution is 7.90. The molecule has 1 N–H and O–H groups in total. The van der Waals surface area contributed by atoms with E-state index in [1.807, 2.05) is 25.7 Å². The van der Waals surface area contributed by atoms with Crippen LogP contribution in [0.4, 0.5) is 20.7 Å². The van der Waals surface area contributed by atoms with E-state index >= 15 is 0 Å². The summed E-state index contributed by atoms with van der Waals surface area (Å²) in [5.74, 6) is 1.05. The highest BCUT2D eigenvalue weighted by atomic mass is 32.2. The van der Waals surface area contributed by atoms with Crippen molar-refractivity contribution in [2.24, 2.45) is 23.2 Å². The summed E-state index contributed by atoms with van der Waals surface area (Å²) >= 11 is 0. The maximum atomic E-state index is 14.5. The lowest BCUT2D eigenvalue weighted by atomic mass is 9.86. The van der Waals surface area contributed by atoms with E-state index in [0.717, 1.165) is 25.2 Å². The quantitative estimate of drug-likeness (QED) is 0.549. The fourth-order valence-electron chi connectivity index (χ4n) is 4.96. The van der Waals surface area contributed by atoms with Crippen molar-refractivity contribution < 1.29 is 27.1 Å². The number of rotatable bonds is 7. The van der Waals surface area contributed by atoms with Gasteiger partial charge in [0.2, 0.25) is 5.88 Å². The molecule has 2 fully saturated rings. The summed E-state index contributed by atoms with van der Waals surface area (Å²) in [5, 5.41) is 2.91. The fraction of sp³-hybridized carbons (Fsp3) is 0.577. The van der Waals surface area contributed by atoms with Crippen LogP contribution < -0.4 is 10.1 Å². The zero-order valence-corrected chi connectivity index (χ0v) is 22.8. The lowest BCUT2D eigenvalue weighted by molar-refractivity contribution is 0.0354. The first-order chi connectivity index (χ1) is 17.3. The largest absolute Gasteiger partial charge is 0.477 e. The van der Waals surface area contributed by atoms with Crippen molar-refractivity contribution in [3.8, 4) is 5.88 Å². The Balaban J connectivity index is 1.38. The van der Waals surface area contributed by atoms with Crippen molar-refractivity contribution in [2.75, 3.05) is 37.9 Å². The van der Waals surface area contributed by atoms with Crippen LogP contribution in [0.15, 0.2) is 29.4 Å². The Bertz CT molecular complexity index is 1250. The second-order valence-corrected chi connectivity index (χ2v) is 13.3. The van der Waals surface area contributed by atoms with Gasteiger partial charge in [-0.3, -0.25) is 0 Å². The number of nitrogens with one attached hydrogen (secondary N) is 1. The number of carbonyl (C=O) groups excluding carboxylic acids is 1. The number of benzene rings is 1. The van der Waals surface area contributed by atoms with Crippen molar-refractivity contribution in [1.29, 1.82) is 0 Å². The maximum absolute atomic E-state index is 14.5. The predicted molar refractivity (Wildman–Crippen MR) is 137 cm³/mol. The molecule has 1 aromatic heterocycles. The molecule has 1 aliphatic carbocycles. The van der Waals surface area contributed by atoms with E-state index in [4.69, 9.17) is 9.47 Å². The third kappa shape index (κ3) is 6.49. The van der Waals surface area contributed by atoms with Crippen molar-refractivity contribution >= 4 is 27.4 Å². The van der Waals surface area contributed by atoms with Gasteiger partial charge < -0.3 is 19.7 Å². The lowest BCUT2D eigenvalue weighted by Crippen LogP contribution is -2.47. The van der Waals surface area contributed by atoms with Crippen LogP contribution in [-0.4, -0.2) is 61.9 Å². The number of anilines is 2. The molecule has 202 valence electrons. The van der Waals surface area contributed by atoms with Crippen LogP contribution in [0.3, 0.4) is 0 Å². The number of ether oxygens (including phenoxy) is 2. The number of aromatic nitrogens is 2. The van der Waals surface area contributed by atoms with E-state index in [0.29, 0.717) is 61.3 Å². The lowest BCUT2D eigenvalue weighted by Gasteiger charge is -2.37. The Kier molecular flexibility index (Phi) is 7.64. The smallest absolute Gasteiger partial charge is 0.409 e. The van der Waals surface area contributed by atoms with Crippen LogP contribution in [0.5, 0.6) is 5.88 Å². The van der Waals surface area contributed by atoms with Crippen LogP contribution in [0.2, 0.25) is 0 Å². The molecular formula is C26H35FN4O5S. The topological polar surface area (TPSA) is 111 Å². The summed E-state index contributed by atoms with van der Waals surface area (Å²) in [7, 11) is -3.51. The van der Waals surface area contributed by atoms with Gasteiger partial charge in [0.1, 0.15) is 18.0 Å². The molecule has 1 aliphatic heterocycles. The van der Waals surface area contributed by atoms with Crippen LogP contribution >= 0.6 is 0 Å². The van der Waals surface area contributed by atoms with E-state index in [2.05, 4.69) is 15.3 Å². The number of hydrogen-bond donors (Lipinski definition) is 1. The molecule has 0 spiro atoms. The third-order valence-corrected chi connectivity index (χ3v) is 8.10. The van der Waals surface area contributed by atoms with E-state index in [-0.39, 0.29) is 22.1 Å². The molecule has 2 atom stereocenters. The molecule has 2 heterocycles. The summed E-state index contributed by atoms with van der Waals surface area (Å²) in [5.41, 5.74) is 0.642. The van der Waals surface area contributed by atoms with Crippen molar-refractivity contribution in [2.45, 2.75) is 45.4 Å². The Morgan fingerprint density at radius 1 is 1.19 bits per heavy atom. The fourth-order valence-corrected chi connectivity index (χ4v) is 5.59. The summed E-state index contributed by atoms with van der Waals surface area (Å²) < 4.78 is 49.5. The van der Waals surface area contributed by atoms with Gasteiger partial charge in [-0.2, -0.15) is 0 Å². The zero-order chi connectivity index (χ0) is 27.0. The van der Waals surface area contributed by atoms with Gasteiger partial charge in [0.25, 0.3) is 0 Å².